The lowest BCUT2D eigenvalue weighted by atomic mass is 10.1. The van der Waals surface area contributed by atoms with Gasteiger partial charge in [0.2, 0.25) is 5.88 Å². The van der Waals surface area contributed by atoms with Crippen LogP contribution in [0.25, 0.3) is 23.3 Å². The molecule has 0 aliphatic carbocycles. The first-order valence-corrected chi connectivity index (χ1v) is 6.81. The van der Waals surface area contributed by atoms with Gasteiger partial charge in [-0.1, -0.05) is 18.7 Å². The average Bonchev–Trinajstić information content (AvgIpc) is 2.46. The van der Waals surface area contributed by atoms with Crippen molar-refractivity contribution < 1.29 is 4.74 Å². The molecule has 0 bridgehead atoms. The summed E-state index contributed by atoms with van der Waals surface area (Å²) < 4.78 is 5.08. The molecule has 2 heterocycles. The van der Waals surface area contributed by atoms with Crippen molar-refractivity contribution in [1.29, 1.82) is 0 Å². The molecule has 0 aliphatic heterocycles. The van der Waals surface area contributed by atoms with Crippen LogP contribution in [-0.2, 0) is 0 Å². The van der Waals surface area contributed by atoms with Crippen LogP contribution < -0.4 is 26.4 Å². The Balaban J connectivity index is 2.63. The zero-order valence-electron chi connectivity index (χ0n) is 13.1. The maximum absolute atomic E-state index is 5.63. The highest BCUT2D eigenvalue weighted by atomic mass is 16.5. The Morgan fingerprint density at radius 1 is 1.32 bits per heavy atom. The molecule has 2 aromatic heterocycles. The summed E-state index contributed by atoms with van der Waals surface area (Å²) in [5.41, 5.74) is 8.58. The Morgan fingerprint density at radius 3 is 2.55 bits per heavy atom. The molecule has 5 heteroatoms. The van der Waals surface area contributed by atoms with Crippen LogP contribution in [0.4, 0.5) is 5.82 Å². The Labute approximate surface area is 129 Å². The van der Waals surface area contributed by atoms with E-state index in [1.54, 1.807) is 13.3 Å². The first-order chi connectivity index (χ1) is 10.4. The maximum atomic E-state index is 5.63. The molecule has 2 rings (SSSR count). The normalized spacial score (nSPS) is 10.1. The third kappa shape index (κ3) is 3.25. The summed E-state index contributed by atoms with van der Waals surface area (Å²) >= 11 is 0. The molecule has 0 aliphatic rings. The van der Waals surface area contributed by atoms with Gasteiger partial charge in [0.15, 0.2) is 0 Å². The van der Waals surface area contributed by atoms with Gasteiger partial charge in [0, 0.05) is 28.6 Å². The zero-order chi connectivity index (χ0) is 16.3. The van der Waals surface area contributed by atoms with Crippen LogP contribution >= 0.6 is 0 Å². The third-order valence-corrected chi connectivity index (χ3v) is 3.18. The molecule has 0 aromatic carbocycles. The number of hydrogen-bond donors (Lipinski definition) is 2. The van der Waals surface area contributed by atoms with E-state index in [0.717, 1.165) is 21.9 Å². The number of pyridine rings is 2. The molecular weight excluding hydrogens is 276 g/mol. The molecule has 5 nitrogen and oxygen atoms in total. The topological polar surface area (TPSA) is 73.1 Å². The number of ether oxygens (including phenoxy) is 1. The van der Waals surface area contributed by atoms with Crippen LogP contribution in [0.3, 0.4) is 0 Å². The van der Waals surface area contributed by atoms with E-state index in [1.165, 1.54) is 0 Å². The third-order valence-electron chi connectivity index (χ3n) is 3.18. The lowest BCUT2D eigenvalue weighted by Gasteiger charge is -2.10. The summed E-state index contributed by atoms with van der Waals surface area (Å²) in [7, 11) is 1.59. The molecule has 0 saturated heterocycles. The number of nitrogens with one attached hydrogen (secondary N) is 1. The van der Waals surface area contributed by atoms with Gasteiger partial charge in [0.05, 0.1) is 18.3 Å². The highest BCUT2D eigenvalue weighted by Crippen LogP contribution is 2.16. The minimum atomic E-state index is 0.341. The molecule has 2 aromatic rings. The van der Waals surface area contributed by atoms with Crippen molar-refractivity contribution in [1.82, 2.24) is 9.97 Å². The van der Waals surface area contributed by atoms with Crippen molar-refractivity contribution in [2.45, 2.75) is 13.8 Å². The molecule has 0 saturated carbocycles. The Bertz CT molecular complexity index is 806. The second-order valence-corrected chi connectivity index (χ2v) is 5.12. The largest absolute Gasteiger partial charge is 0.481 e. The Morgan fingerprint density at radius 2 is 2.05 bits per heavy atom. The molecule has 0 fully saturated rings. The quantitative estimate of drug-likeness (QED) is 0.896. The van der Waals surface area contributed by atoms with Crippen molar-refractivity contribution in [3.63, 3.8) is 0 Å². The number of aromatic nitrogens is 2. The number of anilines is 1. The summed E-state index contributed by atoms with van der Waals surface area (Å²) in [6.45, 7) is 11.7. The van der Waals surface area contributed by atoms with Crippen LogP contribution in [-0.4, -0.2) is 17.1 Å². The number of hydrogen-bond acceptors (Lipinski definition) is 5. The van der Waals surface area contributed by atoms with Crippen LogP contribution in [0.2, 0.25) is 0 Å². The summed E-state index contributed by atoms with van der Waals surface area (Å²) in [6, 6.07) is 5.77. The lowest BCUT2D eigenvalue weighted by molar-refractivity contribution is 0.398. The van der Waals surface area contributed by atoms with E-state index in [4.69, 9.17) is 10.5 Å². The predicted molar refractivity (Wildman–Crippen MR) is 90.5 cm³/mol. The number of nitrogens with two attached hydrogens (primary N) is 1. The van der Waals surface area contributed by atoms with Gasteiger partial charge in [-0.2, -0.15) is 0 Å². The summed E-state index contributed by atoms with van der Waals surface area (Å²) in [6.07, 6.45) is 1.74. The van der Waals surface area contributed by atoms with Crippen molar-refractivity contribution in [2.24, 2.45) is 5.73 Å². The first-order valence-electron chi connectivity index (χ1n) is 6.81. The van der Waals surface area contributed by atoms with E-state index in [1.807, 2.05) is 32.0 Å². The van der Waals surface area contributed by atoms with Gasteiger partial charge in [-0.25, -0.2) is 9.97 Å². The highest BCUT2D eigenvalue weighted by Gasteiger charge is 2.06. The number of methoxy groups -OCH3 is 1. The van der Waals surface area contributed by atoms with Crippen LogP contribution in [0.15, 0.2) is 36.8 Å². The molecule has 0 amide bonds. The number of nitrogens with zero attached hydrogens (tertiary/aromatic N) is 2. The van der Waals surface area contributed by atoms with E-state index in [0.29, 0.717) is 22.9 Å². The highest BCUT2D eigenvalue weighted by molar-refractivity contribution is 5.66. The number of rotatable bonds is 4. The van der Waals surface area contributed by atoms with Gasteiger partial charge < -0.3 is 15.8 Å². The van der Waals surface area contributed by atoms with E-state index >= 15 is 0 Å². The fraction of sp³-hybridized carbons (Fsp3) is 0.176. The summed E-state index contributed by atoms with van der Waals surface area (Å²) in [5, 5.41) is 4.57. The summed E-state index contributed by atoms with van der Waals surface area (Å²) in [4.78, 5) is 8.74. The van der Waals surface area contributed by atoms with Crippen molar-refractivity contribution in [2.75, 3.05) is 12.4 Å². The van der Waals surface area contributed by atoms with E-state index in [9.17, 15) is 0 Å². The van der Waals surface area contributed by atoms with Gasteiger partial charge >= 0.3 is 0 Å². The van der Waals surface area contributed by atoms with E-state index < -0.39 is 0 Å². The van der Waals surface area contributed by atoms with Crippen LogP contribution in [0.1, 0.15) is 13.8 Å². The molecule has 0 radical (unpaired) electrons. The smallest absolute Gasteiger partial charge is 0.212 e. The van der Waals surface area contributed by atoms with Gasteiger partial charge in [-0.05, 0) is 26.0 Å². The SMILES string of the molecule is C=C(N)Nc1nc(=C)c(-c2ccc(OC)nc2)cc1=C(C)C. The summed E-state index contributed by atoms with van der Waals surface area (Å²) in [5.74, 6) is 1.56. The van der Waals surface area contributed by atoms with Crippen LogP contribution in [0, 0.1) is 0 Å². The van der Waals surface area contributed by atoms with Gasteiger partial charge in [0.25, 0.3) is 0 Å². The molecule has 114 valence electrons. The molecule has 0 spiro atoms. The van der Waals surface area contributed by atoms with Crippen LogP contribution in [0.5, 0.6) is 5.88 Å². The van der Waals surface area contributed by atoms with Crippen molar-refractivity contribution in [3.05, 3.63) is 47.4 Å². The Kier molecular flexibility index (Phi) is 4.46. The van der Waals surface area contributed by atoms with Crippen molar-refractivity contribution >= 4 is 18.0 Å². The zero-order valence-corrected chi connectivity index (χ0v) is 13.1. The fourth-order valence-electron chi connectivity index (χ4n) is 2.09. The van der Waals surface area contributed by atoms with Gasteiger partial charge in [-0.3, -0.25) is 0 Å². The van der Waals surface area contributed by atoms with Gasteiger partial charge in [0.1, 0.15) is 5.82 Å². The average molecular weight is 296 g/mol. The standard InChI is InChI=1S/C17H20N4O/c1-10(2)14-8-15(11(3)20-17(14)21-12(4)18)13-6-7-16(22-5)19-9-13/h6-9H,3-4,18H2,1-2,5H3,(H,20,21). The minimum Gasteiger partial charge on any atom is -0.481 e. The molecular formula is C17H20N4O. The molecule has 22 heavy (non-hydrogen) atoms. The lowest BCUT2D eigenvalue weighted by Crippen LogP contribution is -2.24. The van der Waals surface area contributed by atoms with Gasteiger partial charge in [-0.15, -0.1) is 0 Å². The first kappa shape index (κ1) is 15.6. The van der Waals surface area contributed by atoms with E-state index in [2.05, 4.69) is 28.4 Å². The van der Waals surface area contributed by atoms with E-state index in [-0.39, 0.29) is 0 Å². The fourth-order valence-corrected chi connectivity index (χ4v) is 2.09. The molecule has 3 N–H and O–H groups in total. The molecule has 0 atom stereocenters. The van der Waals surface area contributed by atoms with Crippen molar-refractivity contribution in [3.8, 4) is 17.0 Å². The second-order valence-electron chi connectivity index (χ2n) is 5.12. The minimum absolute atomic E-state index is 0.341. The predicted octanol–water partition coefficient (Wildman–Crippen LogP) is 1.59. The Hall–Kier alpha value is -2.82. The second kappa shape index (κ2) is 6.30. The monoisotopic (exact) mass is 296 g/mol. The maximum Gasteiger partial charge on any atom is 0.212 e. The molecule has 0 unspecified atom stereocenters.